The molecule has 1 aliphatic heterocycles. The van der Waals surface area contributed by atoms with Crippen molar-refractivity contribution in [2.24, 2.45) is 5.92 Å². The Bertz CT molecular complexity index is 580. The zero-order valence-corrected chi connectivity index (χ0v) is 12.1. The van der Waals surface area contributed by atoms with Crippen molar-refractivity contribution in [1.29, 1.82) is 0 Å². The standard InChI is InChI=1S/C13H18N2O4S/c1-20(17,18)15-12-5-3-2-4-11(12)14-13(16)10-6-8-19-9-7-10/h2-5,10,15H,6-9H2,1H3,(H,14,16). The molecule has 0 unspecified atom stereocenters. The molecular formula is C13H18N2O4S. The molecule has 0 bridgehead atoms. The minimum atomic E-state index is -3.38. The number of carbonyl (C=O) groups excluding carboxylic acids is 1. The number of hydrogen-bond acceptors (Lipinski definition) is 4. The largest absolute Gasteiger partial charge is 0.381 e. The van der Waals surface area contributed by atoms with E-state index in [1.165, 1.54) is 0 Å². The third-order valence-electron chi connectivity index (χ3n) is 3.07. The first-order valence-electron chi connectivity index (χ1n) is 6.41. The maximum Gasteiger partial charge on any atom is 0.229 e. The van der Waals surface area contributed by atoms with E-state index in [-0.39, 0.29) is 11.8 Å². The minimum Gasteiger partial charge on any atom is -0.381 e. The molecule has 0 spiro atoms. The Hall–Kier alpha value is -1.60. The van der Waals surface area contributed by atoms with Crippen molar-refractivity contribution in [3.63, 3.8) is 0 Å². The average molecular weight is 298 g/mol. The fourth-order valence-corrected chi connectivity index (χ4v) is 2.65. The first-order valence-corrected chi connectivity index (χ1v) is 8.30. The molecule has 6 nitrogen and oxygen atoms in total. The van der Waals surface area contributed by atoms with E-state index in [2.05, 4.69) is 10.0 Å². The van der Waals surface area contributed by atoms with Crippen molar-refractivity contribution in [3.8, 4) is 0 Å². The number of para-hydroxylation sites is 2. The van der Waals surface area contributed by atoms with Crippen LogP contribution in [0.3, 0.4) is 0 Å². The van der Waals surface area contributed by atoms with Crippen LogP contribution >= 0.6 is 0 Å². The summed E-state index contributed by atoms with van der Waals surface area (Å²) in [7, 11) is -3.38. The number of ether oxygens (including phenoxy) is 1. The number of rotatable bonds is 4. The highest BCUT2D eigenvalue weighted by Crippen LogP contribution is 2.24. The summed E-state index contributed by atoms with van der Waals surface area (Å²) in [6.07, 6.45) is 2.45. The highest BCUT2D eigenvalue weighted by molar-refractivity contribution is 7.92. The molecule has 0 saturated carbocycles. The van der Waals surface area contributed by atoms with Gasteiger partial charge in [0.25, 0.3) is 0 Å². The number of anilines is 2. The SMILES string of the molecule is CS(=O)(=O)Nc1ccccc1NC(=O)C1CCOCC1. The van der Waals surface area contributed by atoms with Crippen molar-refractivity contribution in [3.05, 3.63) is 24.3 Å². The van der Waals surface area contributed by atoms with E-state index in [1.54, 1.807) is 24.3 Å². The van der Waals surface area contributed by atoms with Gasteiger partial charge in [0.05, 0.1) is 17.6 Å². The Kier molecular flexibility index (Phi) is 4.61. The summed E-state index contributed by atoms with van der Waals surface area (Å²) in [5, 5.41) is 2.78. The van der Waals surface area contributed by atoms with Crippen molar-refractivity contribution in [2.45, 2.75) is 12.8 Å². The van der Waals surface area contributed by atoms with Crippen LogP contribution in [0.4, 0.5) is 11.4 Å². The second kappa shape index (κ2) is 6.23. The minimum absolute atomic E-state index is 0.0879. The van der Waals surface area contributed by atoms with Crippen LogP contribution in [-0.4, -0.2) is 33.8 Å². The van der Waals surface area contributed by atoms with E-state index in [0.29, 0.717) is 37.4 Å². The van der Waals surface area contributed by atoms with Crippen molar-refractivity contribution >= 4 is 27.3 Å². The number of hydrogen-bond donors (Lipinski definition) is 2. The molecule has 1 saturated heterocycles. The van der Waals surface area contributed by atoms with Crippen LogP contribution in [-0.2, 0) is 19.6 Å². The fraction of sp³-hybridized carbons (Fsp3) is 0.462. The van der Waals surface area contributed by atoms with Gasteiger partial charge in [-0.25, -0.2) is 8.42 Å². The number of sulfonamides is 1. The molecule has 2 rings (SSSR count). The lowest BCUT2D eigenvalue weighted by Crippen LogP contribution is -2.29. The van der Waals surface area contributed by atoms with E-state index in [4.69, 9.17) is 4.74 Å². The molecule has 1 aromatic rings. The van der Waals surface area contributed by atoms with Gasteiger partial charge in [-0.05, 0) is 25.0 Å². The van der Waals surface area contributed by atoms with Crippen LogP contribution in [0.25, 0.3) is 0 Å². The van der Waals surface area contributed by atoms with Gasteiger partial charge in [0.1, 0.15) is 0 Å². The summed E-state index contributed by atoms with van der Waals surface area (Å²) < 4.78 is 30.2. The van der Waals surface area contributed by atoms with Crippen LogP contribution in [0.15, 0.2) is 24.3 Å². The second-order valence-electron chi connectivity index (χ2n) is 4.80. The van der Waals surface area contributed by atoms with Gasteiger partial charge in [-0.15, -0.1) is 0 Å². The lowest BCUT2D eigenvalue weighted by Gasteiger charge is -2.22. The fourth-order valence-electron chi connectivity index (χ4n) is 2.08. The Labute approximate surface area is 118 Å². The quantitative estimate of drug-likeness (QED) is 0.880. The Balaban J connectivity index is 2.10. The van der Waals surface area contributed by atoms with Crippen LogP contribution in [0.2, 0.25) is 0 Å². The summed E-state index contributed by atoms with van der Waals surface area (Å²) in [4.78, 5) is 12.1. The topological polar surface area (TPSA) is 84.5 Å². The molecule has 1 aromatic carbocycles. The van der Waals surface area contributed by atoms with Gasteiger partial charge in [0.2, 0.25) is 15.9 Å². The number of benzene rings is 1. The Morgan fingerprint density at radius 3 is 2.40 bits per heavy atom. The highest BCUT2D eigenvalue weighted by Gasteiger charge is 2.22. The first-order chi connectivity index (χ1) is 9.46. The number of carbonyl (C=O) groups is 1. The third-order valence-corrected chi connectivity index (χ3v) is 3.66. The molecule has 1 aliphatic rings. The molecule has 0 atom stereocenters. The van der Waals surface area contributed by atoms with Crippen molar-refractivity contribution < 1.29 is 17.9 Å². The zero-order valence-electron chi connectivity index (χ0n) is 11.3. The average Bonchev–Trinajstić information content (AvgIpc) is 2.40. The summed E-state index contributed by atoms with van der Waals surface area (Å²) in [5.74, 6) is -0.189. The molecule has 0 radical (unpaired) electrons. The Morgan fingerprint density at radius 2 is 1.80 bits per heavy atom. The molecule has 1 heterocycles. The summed E-state index contributed by atoms with van der Waals surface area (Å²) in [6.45, 7) is 1.17. The first kappa shape index (κ1) is 14.8. The molecule has 1 fully saturated rings. The molecule has 20 heavy (non-hydrogen) atoms. The van der Waals surface area contributed by atoms with E-state index in [0.717, 1.165) is 6.26 Å². The van der Waals surface area contributed by atoms with Gasteiger partial charge in [-0.1, -0.05) is 12.1 Å². The smallest absolute Gasteiger partial charge is 0.229 e. The van der Waals surface area contributed by atoms with Crippen LogP contribution in [0.5, 0.6) is 0 Å². The van der Waals surface area contributed by atoms with Gasteiger partial charge in [-0.2, -0.15) is 0 Å². The van der Waals surface area contributed by atoms with Gasteiger partial charge < -0.3 is 10.1 Å². The lowest BCUT2D eigenvalue weighted by atomic mass is 9.99. The van der Waals surface area contributed by atoms with Gasteiger partial charge >= 0.3 is 0 Å². The normalized spacial score (nSPS) is 16.6. The summed E-state index contributed by atoms with van der Waals surface area (Å²) in [5.41, 5.74) is 0.838. The predicted molar refractivity (Wildman–Crippen MR) is 77.1 cm³/mol. The maximum absolute atomic E-state index is 12.1. The highest BCUT2D eigenvalue weighted by atomic mass is 32.2. The molecule has 2 N–H and O–H groups in total. The summed E-state index contributed by atoms with van der Waals surface area (Å²) in [6, 6.07) is 6.73. The number of amides is 1. The number of nitrogens with one attached hydrogen (secondary N) is 2. The van der Waals surface area contributed by atoms with Crippen molar-refractivity contribution in [2.75, 3.05) is 29.5 Å². The van der Waals surface area contributed by atoms with Crippen LogP contribution in [0, 0.1) is 5.92 Å². The molecule has 0 aliphatic carbocycles. The van der Waals surface area contributed by atoms with E-state index < -0.39 is 10.0 Å². The monoisotopic (exact) mass is 298 g/mol. The zero-order chi connectivity index (χ0) is 14.6. The van der Waals surface area contributed by atoms with Crippen LogP contribution in [0.1, 0.15) is 12.8 Å². The molecule has 110 valence electrons. The third kappa shape index (κ3) is 4.21. The molecule has 0 aromatic heterocycles. The maximum atomic E-state index is 12.1. The predicted octanol–water partition coefficient (Wildman–Crippen LogP) is 1.42. The molecule has 1 amide bonds. The summed E-state index contributed by atoms with van der Waals surface area (Å²) >= 11 is 0. The van der Waals surface area contributed by atoms with Crippen molar-refractivity contribution in [1.82, 2.24) is 0 Å². The lowest BCUT2D eigenvalue weighted by molar-refractivity contribution is -0.122. The van der Waals surface area contributed by atoms with E-state index >= 15 is 0 Å². The van der Waals surface area contributed by atoms with E-state index in [9.17, 15) is 13.2 Å². The van der Waals surface area contributed by atoms with Gasteiger partial charge in [0, 0.05) is 19.1 Å². The second-order valence-corrected chi connectivity index (χ2v) is 6.54. The molecular weight excluding hydrogens is 280 g/mol. The van der Waals surface area contributed by atoms with E-state index in [1.807, 2.05) is 0 Å². The Morgan fingerprint density at radius 1 is 1.20 bits per heavy atom. The van der Waals surface area contributed by atoms with Crippen LogP contribution < -0.4 is 10.0 Å². The van der Waals surface area contributed by atoms with Gasteiger partial charge in [0.15, 0.2) is 0 Å². The van der Waals surface area contributed by atoms with Gasteiger partial charge in [-0.3, -0.25) is 9.52 Å². The molecule has 7 heteroatoms.